The SMILES string of the molecule is O=C(N/N=C/c1cc(Cl)ccc1O)c1cccc(NC(=O)c2ccccc2Br)c1. The second-order valence-corrected chi connectivity index (χ2v) is 7.21. The molecule has 146 valence electrons. The molecule has 3 aromatic carbocycles. The van der Waals surface area contributed by atoms with Crippen molar-refractivity contribution in [1.82, 2.24) is 5.43 Å². The zero-order chi connectivity index (χ0) is 20.8. The van der Waals surface area contributed by atoms with Crippen LogP contribution in [-0.2, 0) is 0 Å². The first-order valence-corrected chi connectivity index (χ1v) is 9.59. The summed E-state index contributed by atoms with van der Waals surface area (Å²) < 4.78 is 0.671. The molecular formula is C21H15BrClN3O3. The van der Waals surface area contributed by atoms with E-state index in [1.54, 1.807) is 42.5 Å². The third-order valence-electron chi connectivity index (χ3n) is 3.86. The van der Waals surface area contributed by atoms with E-state index in [0.29, 0.717) is 31.9 Å². The van der Waals surface area contributed by atoms with Crippen molar-refractivity contribution >= 4 is 51.2 Å². The van der Waals surface area contributed by atoms with Gasteiger partial charge in [0.15, 0.2) is 0 Å². The first-order valence-electron chi connectivity index (χ1n) is 8.42. The topological polar surface area (TPSA) is 90.8 Å². The van der Waals surface area contributed by atoms with Crippen LogP contribution in [0, 0.1) is 0 Å². The van der Waals surface area contributed by atoms with Crippen LogP contribution < -0.4 is 10.7 Å². The van der Waals surface area contributed by atoms with Gasteiger partial charge in [0.25, 0.3) is 11.8 Å². The van der Waals surface area contributed by atoms with Crippen LogP contribution in [0.25, 0.3) is 0 Å². The Morgan fingerprint density at radius 3 is 2.59 bits per heavy atom. The molecule has 0 fully saturated rings. The molecule has 3 rings (SSSR count). The molecular weight excluding hydrogens is 458 g/mol. The molecule has 2 amide bonds. The average molecular weight is 473 g/mol. The monoisotopic (exact) mass is 471 g/mol. The van der Waals surface area contributed by atoms with Crippen LogP contribution in [0.5, 0.6) is 5.75 Å². The number of hydrazone groups is 1. The molecule has 3 N–H and O–H groups in total. The fourth-order valence-corrected chi connectivity index (χ4v) is 3.08. The molecule has 6 nitrogen and oxygen atoms in total. The summed E-state index contributed by atoms with van der Waals surface area (Å²) in [7, 11) is 0. The highest BCUT2D eigenvalue weighted by Crippen LogP contribution is 2.20. The fraction of sp³-hybridized carbons (Fsp3) is 0. The maximum absolute atomic E-state index is 12.4. The highest BCUT2D eigenvalue weighted by atomic mass is 79.9. The van der Waals surface area contributed by atoms with Crippen molar-refractivity contribution < 1.29 is 14.7 Å². The van der Waals surface area contributed by atoms with Crippen LogP contribution in [0.2, 0.25) is 5.02 Å². The quantitative estimate of drug-likeness (QED) is 0.367. The number of carbonyl (C=O) groups is 2. The second-order valence-electron chi connectivity index (χ2n) is 5.92. The number of rotatable bonds is 5. The Bertz CT molecular complexity index is 1100. The molecule has 0 radical (unpaired) electrons. The predicted molar refractivity (Wildman–Crippen MR) is 117 cm³/mol. The van der Waals surface area contributed by atoms with Gasteiger partial charge in [0.05, 0.1) is 11.8 Å². The minimum absolute atomic E-state index is 0.0100. The molecule has 8 heteroatoms. The Hall–Kier alpha value is -3.16. The van der Waals surface area contributed by atoms with E-state index in [1.165, 1.54) is 24.4 Å². The second kappa shape index (κ2) is 9.36. The van der Waals surface area contributed by atoms with Crippen molar-refractivity contribution in [3.63, 3.8) is 0 Å². The molecule has 0 aliphatic rings. The third kappa shape index (κ3) is 5.43. The van der Waals surface area contributed by atoms with Crippen LogP contribution in [-0.4, -0.2) is 23.1 Å². The van der Waals surface area contributed by atoms with Crippen LogP contribution in [0.15, 0.2) is 76.3 Å². The van der Waals surface area contributed by atoms with Crippen molar-refractivity contribution in [1.29, 1.82) is 0 Å². The van der Waals surface area contributed by atoms with Gasteiger partial charge in [-0.05, 0) is 64.5 Å². The highest BCUT2D eigenvalue weighted by Gasteiger charge is 2.11. The summed E-state index contributed by atoms with van der Waals surface area (Å²) in [5.41, 5.74) is 3.99. The van der Waals surface area contributed by atoms with Crippen LogP contribution in [0.3, 0.4) is 0 Å². The van der Waals surface area contributed by atoms with Gasteiger partial charge in [-0.2, -0.15) is 5.10 Å². The number of hydrogen-bond donors (Lipinski definition) is 3. The minimum Gasteiger partial charge on any atom is -0.507 e. The van der Waals surface area contributed by atoms with Gasteiger partial charge in [-0.15, -0.1) is 0 Å². The maximum Gasteiger partial charge on any atom is 0.271 e. The zero-order valence-electron chi connectivity index (χ0n) is 14.9. The van der Waals surface area contributed by atoms with Crippen molar-refractivity contribution in [3.05, 3.63) is 92.9 Å². The maximum atomic E-state index is 12.4. The molecule has 0 bridgehead atoms. The normalized spacial score (nSPS) is 10.7. The molecule has 0 aromatic heterocycles. The molecule has 0 aliphatic carbocycles. The van der Waals surface area contributed by atoms with Gasteiger partial charge in [0, 0.05) is 26.3 Å². The van der Waals surface area contributed by atoms with Crippen LogP contribution in [0.4, 0.5) is 5.69 Å². The molecule has 0 heterocycles. The Morgan fingerprint density at radius 2 is 1.79 bits per heavy atom. The number of aromatic hydroxyl groups is 1. The Morgan fingerprint density at radius 1 is 1.00 bits per heavy atom. The van der Waals surface area contributed by atoms with Gasteiger partial charge >= 0.3 is 0 Å². The number of phenols is 1. The van der Waals surface area contributed by atoms with E-state index in [-0.39, 0.29) is 11.7 Å². The zero-order valence-corrected chi connectivity index (χ0v) is 17.2. The molecule has 0 saturated carbocycles. The first kappa shape index (κ1) is 20.6. The Balaban J connectivity index is 1.68. The van der Waals surface area contributed by atoms with E-state index < -0.39 is 5.91 Å². The summed E-state index contributed by atoms with van der Waals surface area (Å²) in [6.45, 7) is 0. The van der Waals surface area contributed by atoms with Crippen LogP contribution in [0.1, 0.15) is 26.3 Å². The summed E-state index contributed by atoms with van der Waals surface area (Å²) in [6, 6.07) is 18.0. The van der Waals surface area contributed by atoms with E-state index in [4.69, 9.17) is 11.6 Å². The summed E-state index contributed by atoms with van der Waals surface area (Å²) in [4.78, 5) is 24.7. The van der Waals surface area contributed by atoms with Gasteiger partial charge < -0.3 is 10.4 Å². The molecule has 0 aliphatic heterocycles. The van der Waals surface area contributed by atoms with Gasteiger partial charge in [-0.3, -0.25) is 9.59 Å². The van der Waals surface area contributed by atoms with Gasteiger partial charge in [-0.1, -0.05) is 29.8 Å². The standard InChI is InChI=1S/C21H15BrClN3O3/c22-18-7-2-1-6-17(18)21(29)25-16-5-3-4-13(11-16)20(28)26-24-12-14-10-15(23)8-9-19(14)27/h1-12,27H,(H,25,29)(H,26,28)/b24-12+. The molecule has 29 heavy (non-hydrogen) atoms. The van der Waals surface area contributed by atoms with Crippen LogP contribution >= 0.6 is 27.5 Å². The lowest BCUT2D eigenvalue weighted by atomic mass is 10.1. The predicted octanol–water partition coefficient (Wildman–Crippen LogP) is 4.82. The number of phenolic OH excluding ortho intramolecular Hbond substituents is 1. The van der Waals surface area contributed by atoms with E-state index in [9.17, 15) is 14.7 Å². The largest absolute Gasteiger partial charge is 0.507 e. The van der Waals surface area contributed by atoms with E-state index in [2.05, 4.69) is 31.8 Å². The number of halogens is 2. The Kier molecular flexibility index (Phi) is 6.64. The number of hydrogen-bond acceptors (Lipinski definition) is 4. The Labute approximate surface area is 180 Å². The van der Waals surface area contributed by atoms with Gasteiger partial charge in [0.2, 0.25) is 0 Å². The lowest BCUT2D eigenvalue weighted by molar-refractivity contribution is 0.0953. The number of benzene rings is 3. The summed E-state index contributed by atoms with van der Waals surface area (Å²) in [6.07, 6.45) is 1.29. The number of carbonyl (C=O) groups excluding carboxylic acids is 2. The molecule has 0 unspecified atom stereocenters. The lowest BCUT2D eigenvalue weighted by Crippen LogP contribution is -2.18. The van der Waals surface area contributed by atoms with Crippen molar-refractivity contribution in [2.75, 3.05) is 5.32 Å². The van der Waals surface area contributed by atoms with Crippen molar-refractivity contribution in [2.45, 2.75) is 0 Å². The fourth-order valence-electron chi connectivity index (χ4n) is 2.44. The number of nitrogens with one attached hydrogen (secondary N) is 2. The molecule has 0 atom stereocenters. The highest BCUT2D eigenvalue weighted by molar-refractivity contribution is 9.10. The smallest absolute Gasteiger partial charge is 0.271 e. The number of nitrogens with zero attached hydrogens (tertiary/aromatic N) is 1. The molecule has 0 saturated heterocycles. The number of amides is 2. The summed E-state index contributed by atoms with van der Waals surface area (Å²) in [5, 5.41) is 16.8. The minimum atomic E-state index is -0.472. The summed E-state index contributed by atoms with van der Waals surface area (Å²) >= 11 is 9.21. The van der Waals surface area contributed by atoms with E-state index >= 15 is 0 Å². The lowest BCUT2D eigenvalue weighted by Gasteiger charge is -2.08. The van der Waals surface area contributed by atoms with Crippen molar-refractivity contribution in [3.8, 4) is 5.75 Å². The summed E-state index contributed by atoms with van der Waals surface area (Å²) in [5.74, 6) is -0.784. The third-order valence-corrected chi connectivity index (χ3v) is 4.79. The van der Waals surface area contributed by atoms with E-state index in [0.717, 1.165) is 0 Å². The molecule has 0 spiro atoms. The van der Waals surface area contributed by atoms with Gasteiger partial charge in [0.1, 0.15) is 5.75 Å². The first-order chi connectivity index (χ1) is 13.9. The average Bonchev–Trinajstić information content (AvgIpc) is 2.71. The molecule has 3 aromatic rings. The van der Waals surface area contributed by atoms with Gasteiger partial charge in [-0.25, -0.2) is 5.43 Å². The van der Waals surface area contributed by atoms with E-state index in [1.807, 2.05) is 6.07 Å². The number of anilines is 1. The van der Waals surface area contributed by atoms with Crippen molar-refractivity contribution in [2.24, 2.45) is 5.10 Å².